The normalized spacial score (nSPS) is 9.55. The lowest BCUT2D eigenvalue weighted by Crippen LogP contribution is -1.82. The zero-order valence-corrected chi connectivity index (χ0v) is 7.06. The summed E-state index contributed by atoms with van der Waals surface area (Å²) >= 11 is 3.96. The average molecular weight is 189 g/mol. The van der Waals surface area contributed by atoms with E-state index in [1.807, 2.05) is 0 Å². The number of fused-ring (bicyclic) bond motifs is 1. The van der Waals surface area contributed by atoms with Gasteiger partial charge in [0.05, 0.1) is 12.5 Å². The molecule has 0 aliphatic rings. The van der Waals surface area contributed by atoms with Gasteiger partial charge in [-0.3, -0.25) is 0 Å². The van der Waals surface area contributed by atoms with E-state index in [0.29, 0.717) is 10.8 Å². The van der Waals surface area contributed by atoms with Crippen LogP contribution in [-0.2, 0) is 0 Å². The van der Waals surface area contributed by atoms with E-state index in [4.69, 9.17) is 0 Å². The maximum absolute atomic E-state index is 3.96. The van der Waals surface area contributed by atoms with Gasteiger partial charge in [-0.25, -0.2) is 15.0 Å². The van der Waals surface area contributed by atoms with Crippen molar-refractivity contribution in [3.63, 3.8) is 0 Å². The third kappa shape index (κ3) is 1.44. The largest absolute Gasteiger partial charge is 0.342 e. The maximum Gasteiger partial charge on any atom is 0.186 e. The molecule has 11 heavy (non-hydrogen) atoms. The summed E-state index contributed by atoms with van der Waals surface area (Å²) in [5.41, 5.74) is 1.48. The van der Waals surface area contributed by atoms with Crippen LogP contribution in [0.5, 0.6) is 0 Å². The van der Waals surface area contributed by atoms with Crippen LogP contribution in [0.3, 0.4) is 0 Å². The fourth-order valence-electron chi connectivity index (χ4n) is 0.727. The summed E-state index contributed by atoms with van der Waals surface area (Å²) in [5.74, 6) is 0. The van der Waals surface area contributed by atoms with Crippen molar-refractivity contribution < 1.29 is 0 Å². The zero-order valence-electron chi connectivity index (χ0n) is 5.35. The van der Waals surface area contributed by atoms with Gasteiger partial charge in [-0.1, -0.05) is 0 Å². The van der Waals surface area contributed by atoms with Crippen LogP contribution < -0.4 is 0 Å². The van der Waals surface area contributed by atoms with Crippen molar-refractivity contribution in [2.45, 2.75) is 5.16 Å². The number of aromatic nitrogens is 4. The van der Waals surface area contributed by atoms with Gasteiger partial charge in [0.1, 0.15) is 5.52 Å². The number of H-pyrrole nitrogens is 1. The molecular weight excluding hydrogens is 184 g/mol. The number of imidazole rings is 1. The highest BCUT2D eigenvalue weighted by atomic mass is 35.5. The summed E-state index contributed by atoms with van der Waals surface area (Å²) < 4.78 is 0. The standard InChI is InChI=1S/C5H4N4S.ClH/c10-5-6-1-3-4(9-5)8-2-7-3;/h1-2H,(H2,6,7,8,9,10);1H. The van der Waals surface area contributed by atoms with Crippen molar-refractivity contribution in [1.29, 1.82) is 0 Å². The molecule has 0 atom stereocenters. The predicted octanol–water partition coefficient (Wildman–Crippen LogP) is 1.06. The molecule has 58 valence electrons. The molecule has 0 saturated heterocycles. The molecule has 0 aromatic carbocycles. The molecule has 0 amide bonds. The zero-order chi connectivity index (χ0) is 6.97. The minimum atomic E-state index is 0. The van der Waals surface area contributed by atoms with Crippen molar-refractivity contribution in [1.82, 2.24) is 19.9 Å². The SMILES string of the molecule is Cl.Sc1ncc2[nH]cnc2n1. The second-order valence-corrected chi connectivity index (χ2v) is 2.21. The summed E-state index contributed by atoms with van der Waals surface area (Å²) in [7, 11) is 0. The third-order valence-electron chi connectivity index (χ3n) is 1.16. The van der Waals surface area contributed by atoms with Crippen LogP contribution in [-0.4, -0.2) is 19.9 Å². The van der Waals surface area contributed by atoms with Crippen LogP contribution in [0.1, 0.15) is 0 Å². The Hall–Kier alpha value is -0.810. The number of halogens is 1. The second-order valence-electron chi connectivity index (χ2n) is 1.81. The van der Waals surface area contributed by atoms with Gasteiger partial charge in [0.2, 0.25) is 0 Å². The van der Waals surface area contributed by atoms with Gasteiger partial charge < -0.3 is 4.98 Å². The van der Waals surface area contributed by atoms with Crippen LogP contribution in [0, 0.1) is 0 Å². The number of aromatic amines is 1. The molecule has 6 heteroatoms. The van der Waals surface area contributed by atoms with Crippen LogP contribution >= 0.6 is 25.0 Å². The van der Waals surface area contributed by atoms with E-state index in [2.05, 4.69) is 32.6 Å². The van der Waals surface area contributed by atoms with Gasteiger partial charge >= 0.3 is 0 Å². The van der Waals surface area contributed by atoms with Crippen LogP contribution in [0.4, 0.5) is 0 Å². The van der Waals surface area contributed by atoms with Gasteiger partial charge in [0.15, 0.2) is 10.8 Å². The topological polar surface area (TPSA) is 54.5 Å². The molecule has 0 unspecified atom stereocenters. The van der Waals surface area contributed by atoms with Gasteiger partial charge in [0.25, 0.3) is 0 Å². The third-order valence-corrected chi connectivity index (χ3v) is 1.38. The lowest BCUT2D eigenvalue weighted by Gasteiger charge is -1.86. The number of nitrogens with zero attached hydrogens (tertiary/aromatic N) is 3. The highest BCUT2D eigenvalue weighted by Gasteiger charge is 1.96. The van der Waals surface area contributed by atoms with Crippen molar-refractivity contribution in [2.24, 2.45) is 0 Å². The van der Waals surface area contributed by atoms with Crippen molar-refractivity contribution in [3.05, 3.63) is 12.5 Å². The van der Waals surface area contributed by atoms with Crippen molar-refractivity contribution in [3.8, 4) is 0 Å². The highest BCUT2D eigenvalue weighted by Crippen LogP contribution is 2.05. The van der Waals surface area contributed by atoms with Crippen LogP contribution in [0.2, 0.25) is 0 Å². The van der Waals surface area contributed by atoms with Crippen molar-refractivity contribution in [2.75, 3.05) is 0 Å². The Bertz CT molecular complexity index is 360. The number of hydrogen-bond donors (Lipinski definition) is 2. The predicted molar refractivity (Wildman–Crippen MR) is 46.2 cm³/mol. The minimum absolute atomic E-state index is 0. The molecule has 2 aromatic rings. The molecule has 0 radical (unpaired) electrons. The molecule has 0 saturated carbocycles. The molecule has 0 spiro atoms. The monoisotopic (exact) mass is 188 g/mol. The first kappa shape index (κ1) is 8.29. The maximum atomic E-state index is 3.96. The fourth-order valence-corrected chi connectivity index (χ4v) is 0.879. The summed E-state index contributed by atoms with van der Waals surface area (Å²) in [5, 5.41) is 0.444. The summed E-state index contributed by atoms with van der Waals surface area (Å²) in [4.78, 5) is 14.6. The average Bonchev–Trinajstić information content (AvgIpc) is 2.33. The molecule has 0 aliphatic heterocycles. The first-order valence-electron chi connectivity index (χ1n) is 2.71. The Kier molecular flexibility index (Phi) is 2.31. The van der Waals surface area contributed by atoms with Gasteiger partial charge in [-0.15, -0.1) is 25.0 Å². The van der Waals surface area contributed by atoms with E-state index in [9.17, 15) is 0 Å². The number of hydrogen-bond acceptors (Lipinski definition) is 4. The summed E-state index contributed by atoms with van der Waals surface area (Å²) in [6.45, 7) is 0. The highest BCUT2D eigenvalue weighted by molar-refractivity contribution is 7.80. The van der Waals surface area contributed by atoms with Gasteiger partial charge in [0, 0.05) is 0 Å². The van der Waals surface area contributed by atoms with Crippen molar-refractivity contribution >= 4 is 36.2 Å². The Labute approximate surface area is 74.3 Å². The number of rotatable bonds is 0. The molecule has 2 aromatic heterocycles. The molecular formula is C5H5ClN4S. The molecule has 0 bridgehead atoms. The lowest BCUT2D eigenvalue weighted by molar-refractivity contribution is 1.00. The number of thiol groups is 1. The Morgan fingerprint density at radius 2 is 2.18 bits per heavy atom. The summed E-state index contributed by atoms with van der Waals surface area (Å²) in [6.07, 6.45) is 3.23. The molecule has 0 fully saturated rings. The Balaban J connectivity index is 0.000000605. The Morgan fingerprint density at radius 3 is 3.00 bits per heavy atom. The quantitative estimate of drug-likeness (QED) is 0.480. The molecule has 2 heterocycles. The molecule has 0 aliphatic carbocycles. The van der Waals surface area contributed by atoms with E-state index in [0.717, 1.165) is 5.52 Å². The smallest absolute Gasteiger partial charge is 0.186 e. The van der Waals surface area contributed by atoms with Crippen LogP contribution in [0.15, 0.2) is 17.7 Å². The lowest BCUT2D eigenvalue weighted by atomic mass is 10.6. The first-order chi connectivity index (χ1) is 4.86. The van der Waals surface area contributed by atoms with E-state index in [1.54, 1.807) is 12.5 Å². The van der Waals surface area contributed by atoms with E-state index in [1.165, 1.54) is 0 Å². The van der Waals surface area contributed by atoms with E-state index in [-0.39, 0.29) is 12.4 Å². The first-order valence-corrected chi connectivity index (χ1v) is 3.16. The second kappa shape index (κ2) is 3.06. The van der Waals surface area contributed by atoms with Crippen LogP contribution in [0.25, 0.3) is 11.2 Å². The number of nitrogens with one attached hydrogen (secondary N) is 1. The Morgan fingerprint density at radius 1 is 1.36 bits per heavy atom. The van der Waals surface area contributed by atoms with Gasteiger partial charge in [-0.2, -0.15) is 0 Å². The van der Waals surface area contributed by atoms with Gasteiger partial charge in [-0.05, 0) is 0 Å². The molecule has 1 N–H and O–H groups in total. The van der Waals surface area contributed by atoms with E-state index >= 15 is 0 Å². The minimum Gasteiger partial charge on any atom is -0.342 e. The fraction of sp³-hybridized carbons (Fsp3) is 0. The molecule has 2 rings (SSSR count). The van der Waals surface area contributed by atoms with E-state index < -0.39 is 0 Å². The molecule has 4 nitrogen and oxygen atoms in total. The summed E-state index contributed by atoms with van der Waals surface area (Å²) in [6, 6.07) is 0.